The van der Waals surface area contributed by atoms with Crippen LogP contribution in [0.25, 0.3) is 0 Å². The lowest BCUT2D eigenvalue weighted by atomic mass is 10.2. The van der Waals surface area contributed by atoms with E-state index in [1.54, 1.807) is 44.6 Å². The summed E-state index contributed by atoms with van der Waals surface area (Å²) in [5.74, 6) is 0.643. The maximum atomic E-state index is 12.5. The molecular weight excluding hydrogens is 358 g/mol. The molecule has 148 valence electrons. The second-order valence-electron chi connectivity index (χ2n) is 6.73. The van der Waals surface area contributed by atoms with Gasteiger partial charge in [0.15, 0.2) is 11.5 Å². The summed E-state index contributed by atoms with van der Waals surface area (Å²) in [4.78, 5) is 29.0. The molecule has 7 nitrogen and oxygen atoms in total. The van der Waals surface area contributed by atoms with Crippen LogP contribution in [0.2, 0.25) is 0 Å². The third-order valence-corrected chi connectivity index (χ3v) is 4.81. The monoisotopic (exact) mass is 383 g/mol. The van der Waals surface area contributed by atoms with Gasteiger partial charge in [-0.25, -0.2) is 4.98 Å². The Morgan fingerprint density at radius 1 is 1.00 bits per heavy atom. The molecule has 1 aromatic heterocycles. The minimum atomic E-state index is -0.342. The molecule has 2 N–H and O–H groups in total. The molecule has 28 heavy (non-hydrogen) atoms. The van der Waals surface area contributed by atoms with Crippen LogP contribution in [0.3, 0.4) is 0 Å². The van der Waals surface area contributed by atoms with Crippen LogP contribution in [-0.2, 0) is 6.54 Å². The van der Waals surface area contributed by atoms with E-state index in [1.807, 2.05) is 6.07 Å². The number of amides is 2. The standard InChI is InChI=1S/C21H25N3O4/c1-27-18-11-10-14(12-19(18)28-2)13-22-20(25)16-8-5-9-17(24-16)21(26)23-15-6-3-4-7-15/h5,8-12,15H,3-4,6-7,13H2,1-2H3,(H,22,25)(H,23,26). The van der Waals surface area contributed by atoms with E-state index in [0.717, 1.165) is 31.2 Å². The molecule has 0 saturated heterocycles. The summed E-state index contributed by atoms with van der Waals surface area (Å²) >= 11 is 0. The normalized spacial score (nSPS) is 13.8. The Bertz CT molecular complexity index is 847. The largest absolute Gasteiger partial charge is 0.493 e. The van der Waals surface area contributed by atoms with E-state index in [1.165, 1.54) is 0 Å². The number of aromatic nitrogens is 1. The van der Waals surface area contributed by atoms with Crippen molar-refractivity contribution >= 4 is 11.8 Å². The fraction of sp³-hybridized carbons (Fsp3) is 0.381. The van der Waals surface area contributed by atoms with Crippen molar-refractivity contribution in [1.29, 1.82) is 0 Å². The number of nitrogens with zero attached hydrogens (tertiary/aromatic N) is 1. The number of rotatable bonds is 7. The van der Waals surface area contributed by atoms with Gasteiger partial charge in [-0.3, -0.25) is 9.59 Å². The fourth-order valence-electron chi connectivity index (χ4n) is 3.28. The van der Waals surface area contributed by atoms with Crippen molar-refractivity contribution in [2.75, 3.05) is 14.2 Å². The minimum absolute atomic E-state index is 0.205. The molecule has 7 heteroatoms. The van der Waals surface area contributed by atoms with Crippen LogP contribution < -0.4 is 20.1 Å². The molecular formula is C21H25N3O4. The van der Waals surface area contributed by atoms with Crippen molar-refractivity contribution < 1.29 is 19.1 Å². The first-order chi connectivity index (χ1) is 13.6. The first-order valence-corrected chi connectivity index (χ1v) is 9.37. The van der Waals surface area contributed by atoms with Crippen molar-refractivity contribution in [3.63, 3.8) is 0 Å². The Morgan fingerprint density at radius 2 is 1.68 bits per heavy atom. The van der Waals surface area contributed by atoms with E-state index < -0.39 is 0 Å². The highest BCUT2D eigenvalue weighted by Gasteiger charge is 2.19. The number of hydrogen-bond donors (Lipinski definition) is 2. The van der Waals surface area contributed by atoms with Crippen LogP contribution in [0.15, 0.2) is 36.4 Å². The highest BCUT2D eigenvalue weighted by Crippen LogP contribution is 2.27. The Kier molecular flexibility index (Phi) is 6.47. The van der Waals surface area contributed by atoms with Gasteiger partial charge in [-0.1, -0.05) is 25.0 Å². The zero-order chi connectivity index (χ0) is 19.9. The predicted octanol–water partition coefficient (Wildman–Crippen LogP) is 2.70. The second kappa shape index (κ2) is 9.21. The quantitative estimate of drug-likeness (QED) is 0.767. The van der Waals surface area contributed by atoms with Gasteiger partial charge in [0, 0.05) is 12.6 Å². The molecule has 2 amide bonds. The second-order valence-corrected chi connectivity index (χ2v) is 6.73. The Labute approximate surface area is 164 Å². The number of hydrogen-bond acceptors (Lipinski definition) is 5. The summed E-state index contributed by atoms with van der Waals surface area (Å²) in [6.07, 6.45) is 4.27. The van der Waals surface area contributed by atoms with Gasteiger partial charge in [-0.2, -0.15) is 0 Å². The van der Waals surface area contributed by atoms with Crippen molar-refractivity contribution in [3.05, 3.63) is 53.3 Å². The van der Waals surface area contributed by atoms with Gasteiger partial charge in [-0.15, -0.1) is 0 Å². The number of nitrogens with one attached hydrogen (secondary N) is 2. The van der Waals surface area contributed by atoms with Crippen molar-refractivity contribution in [1.82, 2.24) is 15.6 Å². The number of benzene rings is 1. The summed E-state index contributed by atoms with van der Waals surface area (Å²) in [5, 5.41) is 5.80. The molecule has 0 aliphatic heterocycles. The molecule has 1 aliphatic carbocycles. The summed E-state index contributed by atoms with van der Waals surface area (Å²) in [6, 6.07) is 10.5. The highest BCUT2D eigenvalue weighted by molar-refractivity contribution is 5.96. The molecule has 3 rings (SSSR count). The molecule has 1 heterocycles. The third-order valence-electron chi connectivity index (χ3n) is 4.81. The molecule has 1 saturated carbocycles. The Balaban J connectivity index is 1.62. The predicted molar refractivity (Wildman–Crippen MR) is 105 cm³/mol. The van der Waals surface area contributed by atoms with E-state index >= 15 is 0 Å². The van der Waals surface area contributed by atoms with E-state index in [0.29, 0.717) is 18.0 Å². The van der Waals surface area contributed by atoms with Gasteiger partial charge in [0.2, 0.25) is 0 Å². The van der Waals surface area contributed by atoms with Gasteiger partial charge in [0.05, 0.1) is 14.2 Å². The molecule has 0 bridgehead atoms. The average Bonchev–Trinajstić information content (AvgIpc) is 3.24. The maximum absolute atomic E-state index is 12.5. The van der Waals surface area contributed by atoms with Crippen LogP contribution in [-0.4, -0.2) is 37.1 Å². The lowest BCUT2D eigenvalue weighted by Gasteiger charge is -2.12. The lowest BCUT2D eigenvalue weighted by Crippen LogP contribution is -2.33. The first-order valence-electron chi connectivity index (χ1n) is 9.37. The molecule has 1 aliphatic rings. The number of ether oxygens (including phenoxy) is 2. The maximum Gasteiger partial charge on any atom is 0.270 e. The van der Waals surface area contributed by atoms with Crippen LogP contribution in [0.4, 0.5) is 0 Å². The van der Waals surface area contributed by atoms with Gasteiger partial charge in [0.25, 0.3) is 11.8 Å². The number of methoxy groups -OCH3 is 2. The Hall–Kier alpha value is -3.09. The van der Waals surface area contributed by atoms with E-state index in [4.69, 9.17) is 9.47 Å². The Morgan fingerprint density at radius 3 is 2.36 bits per heavy atom. The molecule has 1 fully saturated rings. The number of carbonyl (C=O) groups is 2. The highest BCUT2D eigenvalue weighted by atomic mass is 16.5. The van der Waals surface area contributed by atoms with Gasteiger partial charge in [0.1, 0.15) is 11.4 Å². The lowest BCUT2D eigenvalue weighted by molar-refractivity contribution is 0.0931. The molecule has 0 spiro atoms. The van der Waals surface area contributed by atoms with Crippen molar-refractivity contribution in [2.24, 2.45) is 0 Å². The summed E-state index contributed by atoms with van der Waals surface area (Å²) in [7, 11) is 3.13. The SMILES string of the molecule is COc1ccc(CNC(=O)c2cccc(C(=O)NC3CCCC3)n2)cc1OC. The molecule has 0 atom stereocenters. The smallest absolute Gasteiger partial charge is 0.270 e. The summed E-state index contributed by atoms with van der Waals surface area (Å²) in [5.41, 5.74) is 1.33. The molecule has 0 radical (unpaired) electrons. The van der Waals surface area contributed by atoms with Crippen LogP contribution in [0.1, 0.15) is 52.2 Å². The van der Waals surface area contributed by atoms with Crippen LogP contribution >= 0.6 is 0 Å². The molecule has 0 unspecified atom stereocenters. The topological polar surface area (TPSA) is 89.5 Å². The summed E-state index contributed by atoms with van der Waals surface area (Å²) < 4.78 is 10.5. The zero-order valence-electron chi connectivity index (χ0n) is 16.2. The van der Waals surface area contributed by atoms with Gasteiger partial charge in [-0.05, 0) is 42.7 Å². The van der Waals surface area contributed by atoms with Crippen molar-refractivity contribution in [3.8, 4) is 11.5 Å². The van der Waals surface area contributed by atoms with Crippen LogP contribution in [0, 0.1) is 0 Å². The zero-order valence-corrected chi connectivity index (χ0v) is 16.2. The van der Waals surface area contributed by atoms with E-state index in [-0.39, 0.29) is 29.2 Å². The molecule has 1 aromatic carbocycles. The van der Waals surface area contributed by atoms with Gasteiger partial charge < -0.3 is 20.1 Å². The number of carbonyl (C=O) groups excluding carboxylic acids is 2. The van der Waals surface area contributed by atoms with Gasteiger partial charge >= 0.3 is 0 Å². The van der Waals surface area contributed by atoms with Crippen molar-refractivity contribution in [2.45, 2.75) is 38.3 Å². The number of pyridine rings is 1. The molecule has 2 aromatic rings. The average molecular weight is 383 g/mol. The fourth-order valence-corrected chi connectivity index (χ4v) is 3.28. The van der Waals surface area contributed by atoms with E-state index in [2.05, 4.69) is 15.6 Å². The van der Waals surface area contributed by atoms with E-state index in [9.17, 15) is 9.59 Å². The first kappa shape index (κ1) is 19.7. The summed E-state index contributed by atoms with van der Waals surface area (Å²) in [6.45, 7) is 0.305. The minimum Gasteiger partial charge on any atom is -0.493 e. The third kappa shape index (κ3) is 4.79. The van der Waals surface area contributed by atoms with Crippen LogP contribution in [0.5, 0.6) is 11.5 Å².